The Bertz CT molecular complexity index is 1220. The maximum atomic E-state index is 12.9. The molecule has 0 bridgehead atoms. The number of nitrogens with zero attached hydrogens (tertiary/aromatic N) is 4. The molecule has 2 aliphatic heterocycles. The van der Waals surface area contributed by atoms with Gasteiger partial charge in [0, 0.05) is 23.0 Å². The Morgan fingerprint density at radius 1 is 1.15 bits per heavy atom. The van der Waals surface area contributed by atoms with Crippen LogP contribution in [0, 0.1) is 25.2 Å². The van der Waals surface area contributed by atoms with Crippen molar-refractivity contribution in [1.29, 1.82) is 5.41 Å². The second-order valence-electron chi connectivity index (χ2n) is 8.65. The molecule has 1 amide bonds. The molecule has 170 valence electrons. The summed E-state index contributed by atoms with van der Waals surface area (Å²) < 4.78 is 7.39. The van der Waals surface area contributed by atoms with E-state index >= 15 is 0 Å². The number of hydrazone groups is 1. The topological polar surface area (TPSA) is 83.0 Å². The van der Waals surface area contributed by atoms with Crippen LogP contribution in [0.4, 0.5) is 0 Å². The van der Waals surface area contributed by atoms with Gasteiger partial charge in [0.15, 0.2) is 5.84 Å². The number of hydrogen-bond donors (Lipinski definition) is 1. The molecule has 1 N–H and O–H groups in total. The number of benzene rings is 1. The maximum absolute atomic E-state index is 12.9. The SMILES string of the molecule is COc1ccc(-n2c(C)cc(/C=C3\C(=N)N4N=C(C5CCCCC5)SC4=NC3=O)c2C)cc1. The largest absolute Gasteiger partial charge is 0.497 e. The van der Waals surface area contributed by atoms with Crippen molar-refractivity contribution in [3.05, 3.63) is 52.9 Å². The summed E-state index contributed by atoms with van der Waals surface area (Å²) in [7, 11) is 1.65. The molecule has 0 spiro atoms. The molecule has 8 heteroatoms. The molecule has 0 saturated heterocycles. The average molecular weight is 462 g/mol. The average Bonchev–Trinajstić information content (AvgIpc) is 3.38. The third-order valence-electron chi connectivity index (χ3n) is 6.53. The number of carbonyl (C=O) groups excluding carboxylic acids is 1. The number of aryl methyl sites for hydroxylation is 1. The molecule has 3 aliphatic rings. The summed E-state index contributed by atoms with van der Waals surface area (Å²) in [5.74, 6) is 0.927. The van der Waals surface area contributed by atoms with Gasteiger partial charge in [-0.05, 0) is 80.4 Å². The first-order valence-electron chi connectivity index (χ1n) is 11.3. The molecule has 0 unspecified atom stereocenters. The van der Waals surface area contributed by atoms with E-state index < -0.39 is 0 Å². The van der Waals surface area contributed by atoms with Crippen molar-refractivity contribution < 1.29 is 9.53 Å². The van der Waals surface area contributed by atoms with Crippen LogP contribution in [0.3, 0.4) is 0 Å². The predicted octanol–water partition coefficient (Wildman–Crippen LogP) is 5.30. The van der Waals surface area contributed by atoms with Gasteiger partial charge in [0.2, 0.25) is 5.17 Å². The minimum atomic E-state index is -0.381. The fourth-order valence-electron chi connectivity index (χ4n) is 4.74. The summed E-state index contributed by atoms with van der Waals surface area (Å²) in [5.41, 5.74) is 4.19. The summed E-state index contributed by atoms with van der Waals surface area (Å²) in [4.78, 5) is 17.1. The van der Waals surface area contributed by atoms with E-state index in [1.165, 1.54) is 36.0 Å². The molecule has 33 heavy (non-hydrogen) atoms. The third kappa shape index (κ3) is 3.93. The lowest BCUT2D eigenvalue weighted by Crippen LogP contribution is -2.35. The first-order chi connectivity index (χ1) is 16.0. The van der Waals surface area contributed by atoms with E-state index in [0.717, 1.165) is 46.3 Å². The number of rotatable bonds is 4. The highest BCUT2D eigenvalue weighted by molar-refractivity contribution is 8.27. The molecule has 1 saturated carbocycles. The normalized spacial score (nSPS) is 20.2. The van der Waals surface area contributed by atoms with Crippen LogP contribution in [-0.4, -0.2) is 38.6 Å². The third-order valence-corrected chi connectivity index (χ3v) is 7.60. The van der Waals surface area contributed by atoms with Crippen LogP contribution in [0.5, 0.6) is 5.75 Å². The molecule has 3 heterocycles. The van der Waals surface area contributed by atoms with Gasteiger partial charge in [0.05, 0.1) is 12.7 Å². The van der Waals surface area contributed by atoms with Gasteiger partial charge in [-0.15, -0.1) is 0 Å². The summed E-state index contributed by atoms with van der Waals surface area (Å²) in [6, 6.07) is 9.89. The van der Waals surface area contributed by atoms with Crippen LogP contribution in [0.2, 0.25) is 0 Å². The smallest absolute Gasteiger partial charge is 0.283 e. The number of aliphatic imine (C=N–C) groups is 1. The number of aromatic nitrogens is 1. The van der Waals surface area contributed by atoms with Gasteiger partial charge in [-0.2, -0.15) is 15.1 Å². The number of thioether (sulfide) groups is 1. The predicted molar refractivity (Wildman–Crippen MR) is 133 cm³/mol. The van der Waals surface area contributed by atoms with Crippen molar-refractivity contribution >= 4 is 39.8 Å². The summed E-state index contributed by atoms with van der Waals surface area (Å²) in [6.45, 7) is 4.04. The molecule has 2 aromatic rings. The van der Waals surface area contributed by atoms with E-state index in [9.17, 15) is 4.79 Å². The van der Waals surface area contributed by atoms with Crippen molar-refractivity contribution in [2.24, 2.45) is 16.0 Å². The van der Waals surface area contributed by atoms with E-state index in [-0.39, 0.29) is 17.3 Å². The number of ether oxygens (including phenoxy) is 1. The molecule has 1 aliphatic carbocycles. The van der Waals surface area contributed by atoms with Crippen LogP contribution >= 0.6 is 11.8 Å². The molecule has 7 nitrogen and oxygen atoms in total. The zero-order valence-electron chi connectivity index (χ0n) is 19.1. The van der Waals surface area contributed by atoms with Crippen LogP contribution in [-0.2, 0) is 4.79 Å². The van der Waals surface area contributed by atoms with E-state index in [2.05, 4.69) is 9.56 Å². The van der Waals surface area contributed by atoms with Crippen LogP contribution in [0.1, 0.15) is 49.1 Å². The van der Waals surface area contributed by atoms with Crippen molar-refractivity contribution in [2.75, 3.05) is 7.11 Å². The van der Waals surface area contributed by atoms with Crippen molar-refractivity contribution in [1.82, 2.24) is 9.58 Å². The zero-order chi connectivity index (χ0) is 23.1. The number of fused-ring (bicyclic) bond motifs is 1. The Balaban J connectivity index is 1.46. The molecular weight excluding hydrogens is 434 g/mol. The number of amides is 1. The molecule has 1 aromatic carbocycles. The highest BCUT2D eigenvalue weighted by Gasteiger charge is 2.38. The highest BCUT2D eigenvalue weighted by Crippen LogP contribution is 2.36. The van der Waals surface area contributed by atoms with E-state index in [1.54, 1.807) is 13.2 Å². The van der Waals surface area contributed by atoms with Crippen molar-refractivity contribution in [3.63, 3.8) is 0 Å². The lowest BCUT2D eigenvalue weighted by molar-refractivity contribution is -0.114. The number of carbonyl (C=O) groups is 1. The van der Waals surface area contributed by atoms with E-state index in [1.807, 2.05) is 44.2 Å². The highest BCUT2D eigenvalue weighted by atomic mass is 32.2. The molecule has 1 aromatic heterocycles. The van der Waals surface area contributed by atoms with Gasteiger partial charge in [-0.3, -0.25) is 10.2 Å². The first-order valence-corrected chi connectivity index (χ1v) is 12.1. The Kier molecular flexibility index (Phi) is 5.70. The van der Waals surface area contributed by atoms with Gasteiger partial charge in [-0.1, -0.05) is 19.3 Å². The van der Waals surface area contributed by atoms with Crippen molar-refractivity contribution in [2.45, 2.75) is 46.0 Å². The van der Waals surface area contributed by atoms with Gasteiger partial charge in [0.1, 0.15) is 10.8 Å². The quantitative estimate of drug-likeness (QED) is 0.626. The van der Waals surface area contributed by atoms with E-state index in [4.69, 9.17) is 15.2 Å². The Labute approximate surface area is 197 Å². The molecule has 0 atom stereocenters. The summed E-state index contributed by atoms with van der Waals surface area (Å²) >= 11 is 1.45. The Hall–Kier alpha value is -3.13. The maximum Gasteiger partial charge on any atom is 0.283 e. The molecule has 1 fully saturated rings. The summed E-state index contributed by atoms with van der Waals surface area (Å²) in [6.07, 6.45) is 7.70. The van der Waals surface area contributed by atoms with Gasteiger partial charge < -0.3 is 9.30 Å². The standard InChI is InChI=1S/C25H27N5O2S/c1-15-13-18(16(2)29(15)19-9-11-20(32-3)12-10-19)14-21-22(26)30-25(27-23(21)31)33-24(28-30)17-7-5-4-6-8-17/h9-14,17,26H,4-8H2,1-3H3/b21-14+,26-22?. The second kappa shape index (κ2) is 8.67. The Morgan fingerprint density at radius 3 is 2.58 bits per heavy atom. The van der Waals surface area contributed by atoms with E-state index in [0.29, 0.717) is 11.1 Å². The second-order valence-corrected chi connectivity index (χ2v) is 9.64. The number of methoxy groups -OCH3 is 1. The number of hydrogen-bond acceptors (Lipinski definition) is 5. The molecule has 0 radical (unpaired) electrons. The van der Waals surface area contributed by atoms with Crippen LogP contribution in [0.25, 0.3) is 11.8 Å². The van der Waals surface area contributed by atoms with Gasteiger partial charge >= 0.3 is 0 Å². The fraction of sp³-hybridized carbons (Fsp3) is 0.360. The minimum absolute atomic E-state index is 0.0950. The molecule has 5 rings (SSSR count). The molecular formula is C25H27N5O2S. The lowest BCUT2D eigenvalue weighted by Gasteiger charge is -2.20. The minimum Gasteiger partial charge on any atom is -0.497 e. The number of amidine groups is 2. The van der Waals surface area contributed by atoms with Crippen LogP contribution in [0.15, 0.2) is 46.0 Å². The Morgan fingerprint density at radius 2 is 1.88 bits per heavy atom. The summed E-state index contributed by atoms with van der Waals surface area (Å²) in [5, 5.41) is 16.4. The first kappa shape index (κ1) is 21.7. The fourth-order valence-corrected chi connectivity index (χ4v) is 5.80. The number of nitrogens with one attached hydrogen (secondary N) is 1. The van der Waals surface area contributed by atoms with Gasteiger partial charge in [0.25, 0.3) is 5.91 Å². The monoisotopic (exact) mass is 461 g/mol. The van der Waals surface area contributed by atoms with Gasteiger partial charge in [-0.25, -0.2) is 0 Å². The lowest BCUT2D eigenvalue weighted by atomic mass is 9.90. The zero-order valence-corrected chi connectivity index (χ0v) is 19.9. The van der Waals surface area contributed by atoms with Crippen LogP contribution < -0.4 is 4.74 Å². The van der Waals surface area contributed by atoms with Crippen molar-refractivity contribution in [3.8, 4) is 11.4 Å².